The monoisotopic (exact) mass is 497 g/mol. The van der Waals surface area contributed by atoms with Crippen molar-refractivity contribution in [2.75, 3.05) is 0 Å². The number of hydrogen-bond donors (Lipinski definition) is 2. The lowest BCUT2D eigenvalue weighted by Crippen LogP contribution is -2.48. The maximum Gasteiger partial charge on any atom is 0.287 e. The summed E-state index contributed by atoms with van der Waals surface area (Å²) in [5, 5.41) is 7.67. The smallest absolute Gasteiger partial charge is 0.287 e. The zero-order valence-electron chi connectivity index (χ0n) is 20.7. The number of rotatable bonds is 8. The van der Waals surface area contributed by atoms with E-state index in [2.05, 4.69) is 16.4 Å². The van der Waals surface area contributed by atoms with Crippen LogP contribution in [0.5, 0.6) is 0 Å². The topological polar surface area (TPSA) is 120 Å². The molecule has 37 heavy (non-hydrogen) atoms. The van der Waals surface area contributed by atoms with E-state index in [1.807, 2.05) is 36.5 Å². The molecule has 7 rings (SSSR count). The quantitative estimate of drug-likeness (QED) is 0.464. The van der Waals surface area contributed by atoms with Crippen molar-refractivity contribution >= 4 is 17.6 Å². The molecule has 4 aliphatic carbocycles. The van der Waals surface area contributed by atoms with Gasteiger partial charge in [-0.3, -0.25) is 14.4 Å². The van der Waals surface area contributed by atoms with Crippen LogP contribution >= 0.6 is 0 Å². The van der Waals surface area contributed by atoms with Crippen LogP contribution in [0.2, 0.25) is 0 Å². The molecule has 8 nitrogen and oxygen atoms in total. The number of hydrogen-bond acceptors (Lipinski definition) is 5. The third-order valence-electron chi connectivity index (χ3n) is 8.57. The second kappa shape index (κ2) is 9.25. The van der Waals surface area contributed by atoms with Gasteiger partial charge in [0, 0.05) is 24.2 Å². The van der Waals surface area contributed by atoms with Gasteiger partial charge in [0.05, 0.1) is 11.3 Å². The molecule has 4 saturated carbocycles. The maximum atomic E-state index is 13.4. The molecule has 0 radical (unpaired) electrons. The molecule has 8 heteroatoms. The molecule has 0 aliphatic heterocycles. The summed E-state index contributed by atoms with van der Waals surface area (Å²) >= 11 is 0. The van der Waals surface area contributed by atoms with Crippen molar-refractivity contribution in [1.82, 2.24) is 20.1 Å². The van der Waals surface area contributed by atoms with Gasteiger partial charge in [0.15, 0.2) is 5.82 Å². The zero-order valence-corrected chi connectivity index (χ0v) is 20.7. The number of primary amides is 1. The molecule has 2 heterocycles. The molecule has 1 unspecified atom stereocenters. The highest BCUT2D eigenvalue weighted by molar-refractivity contribution is 6.38. The molecule has 2 aromatic heterocycles. The number of amides is 2. The van der Waals surface area contributed by atoms with Gasteiger partial charge in [-0.15, -0.1) is 0 Å². The third-order valence-corrected chi connectivity index (χ3v) is 8.57. The largest absolute Gasteiger partial charge is 0.363 e. The molecule has 3 N–H and O–H groups in total. The Kier molecular flexibility index (Phi) is 5.89. The van der Waals surface area contributed by atoms with Crippen molar-refractivity contribution in [2.24, 2.45) is 23.5 Å². The summed E-state index contributed by atoms with van der Waals surface area (Å²) in [6.07, 6.45) is 11.3. The van der Waals surface area contributed by atoms with E-state index < -0.39 is 23.6 Å². The molecule has 1 aromatic carbocycles. The highest BCUT2D eigenvalue weighted by Crippen LogP contribution is 2.60. The second-order valence-corrected chi connectivity index (χ2v) is 11.2. The first-order valence-electron chi connectivity index (χ1n) is 13.1. The van der Waals surface area contributed by atoms with Crippen molar-refractivity contribution in [3.63, 3.8) is 0 Å². The van der Waals surface area contributed by atoms with E-state index >= 15 is 0 Å². The fraction of sp³-hybridized carbons (Fsp3) is 0.414. The first-order valence-corrected chi connectivity index (χ1v) is 13.1. The van der Waals surface area contributed by atoms with Crippen LogP contribution in [-0.2, 0) is 21.4 Å². The van der Waals surface area contributed by atoms with Crippen molar-refractivity contribution in [2.45, 2.75) is 56.4 Å². The molecule has 4 fully saturated rings. The van der Waals surface area contributed by atoms with Crippen LogP contribution in [0.15, 0.2) is 60.9 Å². The summed E-state index contributed by atoms with van der Waals surface area (Å²) in [7, 11) is 0. The van der Waals surface area contributed by atoms with Crippen molar-refractivity contribution in [3.05, 3.63) is 77.7 Å². The van der Waals surface area contributed by atoms with Gasteiger partial charge in [-0.2, -0.15) is 5.10 Å². The lowest BCUT2D eigenvalue weighted by atomic mass is 9.49. The Morgan fingerprint density at radius 3 is 2.30 bits per heavy atom. The average molecular weight is 498 g/mol. The normalized spacial score (nSPS) is 26.5. The van der Waals surface area contributed by atoms with Crippen molar-refractivity contribution < 1.29 is 14.4 Å². The van der Waals surface area contributed by atoms with E-state index in [1.54, 1.807) is 23.0 Å². The number of carbonyl (C=O) groups excluding carboxylic acids is 3. The summed E-state index contributed by atoms with van der Waals surface area (Å²) in [6, 6.07) is 13.5. The average Bonchev–Trinajstić information content (AvgIpc) is 3.39. The van der Waals surface area contributed by atoms with Gasteiger partial charge in [0.1, 0.15) is 6.04 Å². The van der Waals surface area contributed by atoms with E-state index in [1.165, 1.54) is 38.5 Å². The fourth-order valence-electron chi connectivity index (χ4n) is 7.37. The number of ketones is 1. The van der Waals surface area contributed by atoms with Crippen LogP contribution in [0, 0.1) is 17.8 Å². The lowest BCUT2D eigenvalue weighted by Gasteiger charge is -2.56. The minimum atomic E-state index is -1.08. The van der Waals surface area contributed by atoms with E-state index in [0.29, 0.717) is 5.82 Å². The Morgan fingerprint density at radius 2 is 1.65 bits per heavy atom. The number of nitrogens with zero attached hydrogens (tertiary/aromatic N) is 3. The number of aromatic nitrogens is 3. The number of Topliss-reactive ketones (excluding diaryl/α,β-unsaturated/α-hetero) is 1. The predicted molar refractivity (Wildman–Crippen MR) is 137 cm³/mol. The standard InChI is InChI=1S/C29H31N5O3/c30-26(36)25(35)23(14-18-5-2-1-3-6-18)32-28(37)22-7-4-9-31-27(22)34-10-8-24(33-34)29-15-19-11-20(16-29)13-21(12-19)17-29/h1-10,19-21,23H,11-17H2,(H2,30,36)(H,32,37). The molecular formula is C29H31N5O3. The molecular weight excluding hydrogens is 466 g/mol. The highest BCUT2D eigenvalue weighted by Gasteiger charge is 2.52. The van der Waals surface area contributed by atoms with Gasteiger partial charge in [0.2, 0.25) is 5.78 Å². The molecule has 0 saturated heterocycles. The van der Waals surface area contributed by atoms with E-state index in [-0.39, 0.29) is 17.4 Å². The van der Waals surface area contributed by atoms with Crippen LogP contribution < -0.4 is 11.1 Å². The summed E-state index contributed by atoms with van der Waals surface area (Å²) in [4.78, 5) is 42.1. The van der Waals surface area contributed by atoms with Crippen LogP contribution in [0.3, 0.4) is 0 Å². The van der Waals surface area contributed by atoms with Gasteiger partial charge in [-0.25, -0.2) is 9.67 Å². The van der Waals surface area contributed by atoms with Gasteiger partial charge in [-0.05, 0) is 80.0 Å². The number of pyridine rings is 1. The van der Waals surface area contributed by atoms with Crippen molar-refractivity contribution in [1.29, 1.82) is 0 Å². The molecule has 3 aromatic rings. The SMILES string of the molecule is NC(=O)C(=O)C(Cc1ccccc1)NC(=O)c1cccnc1-n1ccc(C23CC4CC(CC(C4)C2)C3)n1. The number of benzene rings is 1. The first-order chi connectivity index (χ1) is 17.9. The number of carbonyl (C=O) groups is 3. The van der Waals surface area contributed by atoms with Crippen LogP contribution in [0.1, 0.15) is 60.1 Å². The minimum absolute atomic E-state index is 0.131. The lowest BCUT2D eigenvalue weighted by molar-refractivity contribution is -0.137. The second-order valence-electron chi connectivity index (χ2n) is 11.2. The fourth-order valence-corrected chi connectivity index (χ4v) is 7.37. The minimum Gasteiger partial charge on any atom is -0.363 e. The Labute approximate surface area is 215 Å². The van der Waals surface area contributed by atoms with E-state index in [0.717, 1.165) is 29.0 Å². The predicted octanol–water partition coefficient (Wildman–Crippen LogP) is 3.13. The van der Waals surface area contributed by atoms with Gasteiger partial charge in [0.25, 0.3) is 11.8 Å². The maximum absolute atomic E-state index is 13.4. The molecule has 2 amide bonds. The Morgan fingerprint density at radius 1 is 0.973 bits per heavy atom. The number of nitrogens with one attached hydrogen (secondary N) is 1. The summed E-state index contributed by atoms with van der Waals surface area (Å²) in [5.41, 5.74) is 7.59. The van der Waals surface area contributed by atoms with Gasteiger partial charge < -0.3 is 11.1 Å². The Bertz CT molecular complexity index is 1310. The van der Waals surface area contributed by atoms with Crippen molar-refractivity contribution in [3.8, 4) is 5.82 Å². The van der Waals surface area contributed by atoms with Gasteiger partial charge in [-0.1, -0.05) is 30.3 Å². The number of nitrogens with two attached hydrogens (primary N) is 1. The van der Waals surface area contributed by atoms with Crippen LogP contribution in [0.25, 0.3) is 5.82 Å². The van der Waals surface area contributed by atoms with E-state index in [4.69, 9.17) is 10.8 Å². The first kappa shape index (κ1) is 23.6. The molecule has 0 spiro atoms. The molecule has 190 valence electrons. The van der Waals surface area contributed by atoms with Crippen LogP contribution in [-0.4, -0.2) is 38.4 Å². The summed E-state index contributed by atoms with van der Waals surface area (Å²) in [5.74, 6) is 0.364. The van der Waals surface area contributed by atoms with E-state index in [9.17, 15) is 14.4 Å². The van der Waals surface area contributed by atoms with Crippen LogP contribution in [0.4, 0.5) is 0 Å². The Hall–Kier alpha value is -3.81. The summed E-state index contributed by atoms with van der Waals surface area (Å²) in [6.45, 7) is 0. The third kappa shape index (κ3) is 4.45. The zero-order chi connectivity index (χ0) is 25.6. The Balaban J connectivity index is 1.26. The molecule has 4 aliphatic rings. The molecule has 1 atom stereocenters. The summed E-state index contributed by atoms with van der Waals surface area (Å²) < 4.78 is 1.67. The highest BCUT2D eigenvalue weighted by atomic mass is 16.2. The van der Waals surface area contributed by atoms with Gasteiger partial charge >= 0.3 is 0 Å². The molecule has 4 bridgehead atoms.